The molecular weight excluding hydrogens is 364 g/mol. The highest BCUT2D eigenvalue weighted by Crippen LogP contribution is 2.41. The second kappa shape index (κ2) is 8.10. The normalized spacial score (nSPS) is 18.5. The summed E-state index contributed by atoms with van der Waals surface area (Å²) in [5.74, 6) is -1.70. The Kier molecular flexibility index (Phi) is 5.60. The summed E-state index contributed by atoms with van der Waals surface area (Å²) in [6.07, 6.45) is 2.96. The van der Waals surface area contributed by atoms with Crippen LogP contribution in [0.1, 0.15) is 17.2 Å². The molecular formula is C20H20N2O6. The highest BCUT2D eigenvalue weighted by atomic mass is 16.5. The number of aliphatic hydroxyl groups excluding tert-OH is 1. The van der Waals surface area contributed by atoms with Gasteiger partial charge in [0.25, 0.3) is 11.7 Å². The van der Waals surface area contributed by atoms with Crippen molar-refractivity contribution in [3.05, 3.63) is 59.4 Å². The van der Waals surface area contributed by atoms with Crippen LogP contribution in [0.2, 0.25) is 0 Å². The first kappa shape index (κ1) is 19.4. The number of pyridine rings is 1. The summed E-state index contributed by atoms with van der Waals surface area (Å²) in [6, 6.07) is 6.77. The van der Waals surface area contributed by atoms with E-state index in [1.807, 2.05) is 0 Å². The highest BCUT2D eigenvalue weighted by molar-refractivity contribution is 6.46. The number of phenolic OH excluding ortho intramolecular Hbond substituents is 1. The highest BCUT2D eigenvalue weighted by Gasteiger charge is 2.46. The molecule has 146 valence electrons. The van der Waals surface area contributed by atoms with Crippen molar-refractivity contribution in [1.82, 2.24) is 9.88 Å². The number of aromatic hydroxyl groups is 1. The molecule has 8 heteroatoms. The number of carbonyl (C=O) groups is 2. The number of hydrogen-bond acceptors (Lipinski definition) is 7. The van der Waals surface area contributed by atoms with Crippen molar-refractivity contribution in [2.24, 2.45) is 0 Å². The summed E-state index contributed by atoms with van der Waals surface area (Å²) in [4.78, 5) is 30.6. The van der Waals surface area contributed by atoms with Gasteiger partial charge in [0, 0.05) is 31.6 Å². The monoisotopic (exact) mass is 384 g/mol. The SMILES string of the molecule is COCCN1C(=O)C(=O)C(=C(O)c2ccncc2)C1c1ccc(O)c(OC)c1. The maximum Gasteiger partial charge on any atom is 0.295 e. The Morgan fingerprint density at radius 1 is 1.18 bits per heavy atom. The number of aromatic nitrogens is 1. The molecule has 1 aromatic heterocycles. The molecule has 28 heavy (non-hydrogen) atoms. The van der Waals surface area contributed by atoms with Crippen molar-refractivity contribution in [3.8, 4) is 11.5 Å². The molecule has 0 aliphatic carbocycles. The number of ketones is 1. The molecule has 0 radical (unpaired) electrons. The van der Waals surface area contributed by atoms with Crippen molar-refractivity contribution >= 4 is 17.4 Å². The van der Waals surface area contributed by atoms with Crippen LogP contribution in [0.15, 0.2) is 48.3 Å². The van der Waals surface area contributed by atoms with Gasteiger partial charge in [-0.05, 0) is 29.8 Å². The van der Waals surface area contributed by atoms with Gasteiger partial charge in [-0.2, -0.15) is 0 Å². The minimum atomic E-state index is -0.849. The molecule has 1 aliphatic heterocycles. The number of likely N-dealkylation sites (tertiary alicyclic amines) is 1. The fraction of sp³-hybridized carbons (Fsp3) is 0.250. The Morgan fingerprint density at radius 2 is 1.89 bits per heavy atom. The second-order valence-electron chi connectivity index (χ2n) is 6.15. The number of amides is 1. The minimum Gasteiger partial charge on any atom is -0.507 e. The van der Waals surface area contributed by atoms with Crippen LogP contribution < -0.4 is 4.74 Å². The van der Waals surface area contributed by atoms with E-state index in [0.717, 1.165) is 0 Å². The van der Waals surface area contributed by atoms with E-state index in [4.69, 9.17) is 9.47 Å². The lowest BCUT2D eigenvalue weighted by molar-refractivity contribution is -0.140. The van der Waals surface area contributed by atoms with E-state index >= 15 is 0 Å². The molecule has 2 aromatic rings. The zero-order valence-corrected chi connectivity index (χ0v) is 15.5. The summed E-state index contributed by atoms with van der Waals surface area (Å²) < 4.78 is 10.2. The number of Topliss-reactive ketones (excluding diaryl/α,β-unsaturated/α-hetero) is 1. The molecule has 1 aromatic carbocycles. The van der Waals surface area contributed by atoms with E-state index in [-0.39, 0.29) is 36.0 Å². The molecule has 8 nitrogen and oxygen atoms in total. The zero-order valence-electron chi connectivity index (χ0n) is 15.5. The van der Waals surface area contributed by atoms with Crippen LogP contribution in [-0.2, 0) is 14.3 Å². The van der Waals surface area contributed by atoms with E-state index in [0.29, 0.717) is 11.1 Å². The van der Waals surface area contributed by atoms with Gasteiger partial charge < -0.3 is 24.6 Å². The maximum absolute atomic E-state index is 12.8. The van der Waals surface area contributed by atoms with Crippen molar-refractivity contribution in [2.45, 2.75) is 6.04 Å². The summed E-state index contributed by atoms with van der Waals surface area (Å²) in [6.45, 7) is 0.371. The quantitative estimate of drug-likeness (QED) is 0.444. The lowest BCUT2D eigenvalue weighted by Gasteiger charge is -2.25. The smallest absolute Gasteiger partial charge is 0.295 e. The van der Waals surface area contributed by atoms with E-state index in [2.05, 4.69) is 4.98 Å². The summed E-state index contributed by atoms with van der Waals surface area (Å²) in [5, 5.41) is 20.7. The standard InChI is InChI=1S/C20H20N2O6/c1-27-10-9-22-17(13-3-4-14(23)15(11-13)28-2)16(19(25)20(22)26)18(24)12-5-7-21-8-6-12/h3-8,11,17,23-24H,9-10H2,1-2H3. The van der Waals surface area contributed by atoms with Crippen molar-refractivity contribution in [2.75, 3.05) is 27.4 Å². The third-order valence-corrected chi connectivity index (χ3v) is 4.55. The predicted molar refractivity (Wildman–Crippen MR) is 99.8 cm³/mol. The summed E-state index contributed by atoms with van der Waals surface area (Å²) >= 11 is 0. The number of aliphatic hydroxyl groups is 1. The van der Waals surface area contributed by atoms with Gasteiger partial charge in [-0.1, -0.05) is 6.07 Å². The number of hydrogen-bond donors (Lipinski definition) is 2. The third kappa shape index (κ3) is 3.41. The Labute approximate surface area is 161 Å². The van der Waals surface area contributed by atoms with Crippen LogP contribution in [0, 0.1) is 0 Å². The maximum atomic E-state index is 12.8. The molecule has 1 aliphatic rings. The number of nitrogens with zero attached hydrogens (tertiary/aromatic N) is 2. The Balaban J connectivity index is 2.18. The zero-order chi connectivity index (χ0) is 20.3. The van der Waals surface area contributed by atoms with Gasteiger partial charge in [0.15, 0.2) is 11.5 Å². The van der Waals surface area contributed by atoms with Gasteiger partial charge in [-0.25, -0.2) is 0 Å². The Hall–Kier alpha value is -3.39. The van der Waals surface area contributed by atoms with Crippen LogP contribution >= 0.6 is 0 Å². The lowest BCUT2D eigenvalue weighted by Crippen LogP contribution is -2.32. The molecule has 2 N–H and O–H groups in total. The van der Waals surface area contributed by atoms with E-state index < -0.39 is 17.7 Å². The topological polar surface area (TPSA) is 109 Å². The molecule has 0 bridgehead atoms. The third-order valence-electron chi connectivity index (χ3n) is 4.55. The molecule has 1 fully saturated rings. The van der Waals surface area contributed by atoms with Crippen molar-refractivity contribution < 1.29 is 29.3 Å². The van der Waals surface area contributed by atoms with Gasteiger partial charge >= 0.3 is 0 Å². The van der Waals surface area contributed by atoms with E-state index in [1.54, 1.807) is 18.2 Å². The largest absolute Gasteiger partial charge is 0.507 e. The lowest BCUT2D eigenvalue weighted by atomic mass is 9.95. The minimum absolute atomic E-state index is 0.0416. The second-order valence-corrected chi connectivity index (χ2v) is 6.15. The Morgan fingerprint density at radius 3 is 2.54 bits per heavy atom. The first-order chi connectivity index (χ1) is 13.5. The average molecular weight is 384 g/mol. The van der Waals surface area contributed by atoms with Crippen molar-refractivity contribution in [3.63, 3.8) is 0 Å². The number of phenols is 1. The molecule has 0 spiro atoms. The van der Waals surface area contributed by atoms with Gasteiger partial charge in [0.2, 0.25) is 0 Å². The van der Waals surface area contributed by atoms with E-state index in [1.165, 1.54) is 43.6 Å². The molecule has 1 unspecified atom stereocenters. The van der Waals surface area contributed by atoms with Gasteiger partial charge in [-0.15, -0.1) is 0 Å². The van der Waals surface area contributed by atoms with Crippen LogP contribution in [0.4, 0.5) is 0 Å². The molecule has 0 saturated carbocycles. The molecule has 3 rings (SSSR count). The number of methoxy groups -OCH3 is 2. The van der Waals surface area contributed by atoms with Crippen LogP contribution in [0.25, 0.3) is 5.76 Å². The summed E-state index contributed by atoms with van der Waals surface area (Å²) in [5.41, 5.74) is 0.844. The Bertz CT molecular complexity index is 926. The fourth-order valence-electron chi connectivity index (χ4n) is 3.18. The molecule has 1 saturated heterocycles. The van der Waals surface area contributed by atoms with Crippen LogP contribution in [0.5, 0.6) is 11.5 Å². The number of ether oxygens (including phenoxy) is 2. The van der Waals surface area contributed by atoms with Gasteiger partial charge in [-0.3, -0.25) is 14.6 Å². The van der Waals surface area contributed by atoms with Crippen LogP contribution in [0.3, 0.4) is 0 Å². The van der Waals surface area contributed by atoms with Gasteiger partial charge in [0.05, 0.1) is 25.3 Å². The van der Waals surface area contributed by atoms with Gasteiger partial charge in [0.1, 0.15) is 5.76 Å². The number of rotatable bonds is 6. The first-order valence-electron chi connectivity index (χ1n) is 8.54. The predicted octanol–water partition coefficient (Wildman–Crippen LogP) is 1.86. The average Bonchev–Trinajstić information content (AvgIpc) is 2.97. The van der Waals surface area contributed by atoms with E-state index in [9.17, 15) is 19.8 Å². The van der Waals surface area contributed by atoms with Crippen molar-refractivity contribution in [1.29, 1.82) is 0 Å². The summed E-state index contributed by atoms with van der Waals surface area (Å²) in [7, 11) is 2.89. The van der Waals surface area contributed by atoms with Crippen LogP contribution in [-0.4, -0.2) is 59.2 Å². The number of carbonyl (C=O) groups excluding carboxylic acids is 2. The molecule has 2 heterocycles. The first-order valence-corrected chi connectivity index (χ1v) is 8.54. The molecule has 1 amide bonds. The fourth-order valence-corrected chi connectivity index (χ4v) is 3.18. The number of benzene rings is 1. The molecule has 1 atom stereocenters.